The Morgan fingerprint density at radius 3 is 2.70 bits per heavy atom. The zero-order chi connectivity index (χ0) is 14.3. The minimum Gasteiger partial charge on any atom is -0.458 e. The van der Waals surface area contributed by atoms with Gasteiger partial charge < -0.3 is 9.52 Å². The Labute approximate surface area is 120 Å². The van der Waals surface area contributed by atoms with Crippen LogP contribution in [-0.4, -0.2) is 5.11 Å². The van der Waals surface area contributed by atoms with Crippen LogP contribution in [0.15, 0.2) is 46.9 Å². The van der Waals surface area contributed by atoms with E-state index >= 15 is 0 Å². The largest absolute Gasteiger partial charge is 0.458 e. The molecule has 3 rings (SSSR count). The molecule has 1 unspecified atom stereocenters. The molecule has 1 heterocycles. The van der Waals surface area contributed by atoms with E-state index in [1.54, 1.807) is 6.07 Å². The first kappa shape index (κ1) is 13.2. The smallest absolute Gasteiger partial charge is 0.138 e. The Balaban J connectivity index is 2.07. The number of aliphatic hydroxyl groups excluding tert-OH is 1. The van der Waals surface area contributed by atoms with E-state index in [0.29, 0.717) is 11.3 Å². The second kappa shape index (κ2) is 4.93. The van der Waals surface area contributed by atoms with Gasteiger partial charge in [0, 0.05) is 10.4 Å². The van der Waals surface area contributed by atoms with Crippen LogP contribution in [0.2, 0.25) is 5.02 Å². The molecule has 4 heteroatoms. The van der Waals surface area contributed by atoms with E-state index in [9.17, 15) is 9.50 Å². The molecule has 2 aromatic carbocycles. The number of halogens is 2. The Kier molecular flexibility index (Phi) is 3.24. The molecule has 0 fully saturated rings. The fourth-order valence-electron chi connectivity index (χ4n) is 2.26. The van der Waals surface area contributed by atoms with E-state index in [4.69, 9.17) is 16.0 Å². The molecule has 20 heavy (non-hydrogen) atoms. The molecular formula is C16H12ClFO2. The molecule has 0 aliphatic rings. The van der Waals surface area contributed by atoms with Crippen LogP contribution in [0.4, 0.5) is 4.39 Å². The van der Waals surface area contributed by atoms with Gasteiger partial charge in [-0.25, -0.2) is 4.39 Å². The number of aryl methyl sites for hydroxylation is 1. The van der Waals surface area contributed by atoms with Gasteiger partial charge in [0.1, 0.15) is 23.3 Å². The second-order valence-corrected chi connectivity index (χ2v) is 5.18. The van der Waals surface area contributed by atoms with Crippen LogP contribution in [-0.2, 0) is 0 Å². The maximum atomic E-state index is 13.3. The molecule has 102 valence electrons. The Hall–Kier alpha value is -1.84. The van der Waals surface area contributed by atoms with Crippen molar-refractivity contribution in [3.8, 4) is 0 Å². The van der Waals surface area contributed by atoms with Crippen molar-refractivity contribution in [3.05, 3.63) is 70.2 Å². The van der Waals surface area contributed by atoms with Crippen molar-refractivity contribution in [1.82, 2.24) is 0 Å². The van der Waals surface area contributed by atoms with Crippen molar-refractivity contribution in [2.24, 2.45) is 0 Å². The number of fused-ring (bicyclic) bond motifs is 1. The number of hydrogen-bond acceptors (Lipinski definition) is 2. The predicted octanol–water partition coefficient (Wildman–Crippen LogP) is 4.62. The molecule has 0 aliphatic carbocycles. The van der Waals surface area contributed by atoms with Gasteiger partial charge in [-0.05, 0) is 42.3 Å². The summed E-state index contributed by atoms with van der Waals surface area (Å²) in [4.78, 5) is 0. The van der Waals surface area contributed by atoms with Crippen LogP contribution in [0.3, 0.4) is 0 Å². The summed E-state index contributed by atoms with van der Waals surface area (Å²) in [7, 11) is 0. The lowest BCUT2D eigenvalue weighted by Gasteiger charge is -2.08. The van der Waals surface area contributed by atoms with E-state index in [1.165, 1.54) is 18.2 Å². The van der Waals surface area contributed by atoms with Gasteiger partial charge >= 0.3 is 0 Å². The molecule has 0 saturated heterocycles. The van der Waals surface area contributed by atoms with Crippen LogP contribution in [0.25, 0.3) is 11.0 Å². The van der Waals surface area contributed by atoms with E-state index in [2.05, 4.69) is 0 Å². The van der Waals surface area contributed by atoms with Crippen LogP contribution >= 0.6 is 11.6 Å². The summed E-state index contributed by atoms with van der Waals surface area (Å²) in [6.07, 6.45) is -1.05. The quantitative estimate of drug-likeness (QED) is 0.747. The topological polar surface area (TPSA) is 33.4 Å². The first-order valence-electron chi connectivity index (χ1n) is 6.18. The molecule has 0 amide bonds. The Bertz CT molecular complexity index is 759. The van der Waals surface area contributed by atoms with Gasteiger partial charge in [0.05, 0.1) is 0 Å². The highest BCUT2D eigenvalue weighted by atomic mass is 35.5. The van der Waals surface area contributed by atoms with Crippen molar-refractivity contribution in [1.29, 1.82) is 0 Å². The van der Waals surface area contributed by atoms with Crippen LogP contribution < -0.4 is 0 Å². The Morgan fingerprint density at radius 1 is 1.20 bits per heavy atom. The van der Waals surface area contributed by atoms with E-state index in [1.807, 2.05) is 25.1 Å². The lowest BCUT2D eigenvalue weighted by atomic mass is 10.1. The number of furan rings is 1. The minimum atomic E-state index is -1.05. The zero-order valence-corrected chi connectivity index (χ0v) is 11.5. The van der Waals surface area contributed by atoms with Gasteiger partial charge in [0.15, 0.2) is 0 Å². The molecule has 1 N–H and O–H groups in total. The minimum absolute atomic E-state index is 0.242. The number of aliphatic hydroxyl groups is 1. The maximum Gasteiger partial charge on any atom is 0.138 e. The number of rotatable bonds is 2. The highest BCUT2D eigenvalue weighted by molar-refractivity contribution is 6.30. The third kappa shape index (κ3) is 2.30. The van der Waals surface area contributed by atoms with Gasteiger partial charge in [0.25, 0.3) is 0 Å². The lowest BCUT2D eigenvalue weighted by Crippen LogP contribution is -1.98. The third-order valence-corrected chi connectivity index (χ3v) is 3.45. The molecule has 0 bridgehead atoms. The molecule has 3 aromatic rings. The lowest BCUT2D eigenvalue weighted by molar-refractivity contribution is 0.192. The SMILES string of the molecule is Cc1cccc2cc(C(O)c3cc(F)cc(Cl)c3)oc12. The van der Waals surface area contributed by atoms with Crippen molar-refractivity contribution >= 4 is 22.6 Å². The fourth-order valence-corrected chi connectivity index (χ4v) is 2.49. The first-order valence-corrected chi connectivity index (χ1v) is 6.55. The van der Waals surface area contributed by atoms with Crippen LogP contribution in [0, 0.1) is 12.7 Å². The van der Waals surface area contributed by atoms with Gasteiger partial charge in [-0.15, -0.1) is 0 Å². The summed E-state index contributed by atoms with van der Waals surface area (Å²) < 4.78 is 19.0. The summed E-state index contributed by atoms with van der Waals surface area (Å²) in [5.74, 6) is -0.116. The van der Waals surface area contributed by atoms with E-state index in [0.717, 1.165) is 16.5 Å². The summed E-state index contributed by atoms with van der Waals surface area (Å²) in [5.41, 5.74) is 2.08. The summed E-state index contributed by atoms with van der Waals surface area (Å²) >= 11 is 5.80. The van der Waals surface area contributed by atoms with Gasteiger partial charge in [0.2, 0.25) is 0 Å². The van der Waals surface area contributed by atoms with Crippen molar-refractivity contribution in [2.45, 2.75) is 13.0 Å². The monoisotopic (exact) mass is 290 g/mol. The Morgan fingerprint density at radius 2 is 2.00 bits per heavy atom. The van der Waals surface area contributed by atoms with Gasteiger partial charge in [-0.1, -0.05) is 29.8 Å². The zero-order valence-electron chi connectivity index (χ0n) is 10.7. The molecule has 0 radical (unpaired) electrons. The predicted molar refractivity (Wildman–Crippen MR) is 76.4 cm³/mol. The number of para-hydroxylation sites is 1. The van der Waals surface area contributed by atoms with E-state index in [-0.39, 0.29) is 5.02 Å². The summed E-state index contributed by atoms with van der Waals surface area (Å²) in [5, 5.41) is 11.5. The standard InChI is InChI=1S/C16H12ClFO2/c1-9-3-2-4-10-7-14(20-16(9)10)15(19)11-5-12(17)8-13(18)6-11/h2-8,15,19H,1H3. The van der Waals surface area contributed by atoms with E-state index < -0.39 is 11.9 Å². The molecule has 0 saturated carbocycles. The molecule has 1 atom stereocenters. The highest BCUT2D eigenvalue weighted by Crippen LogP contribution is 2.31. The average molecular weight is 291 g/mol. The summed E-state index contributed by atoms with van der Waals surface area (Å²) in [6.45, 7) is 1.93. The highest BCUT2D eigenvalue weighted by Gasteiger charge is 2.17. The van der Waals surface area contributed by atoms with Crippen LogP contribution in [0.5, 0.6) is 0 Å². The van der Waals surface area contributed by atoms with Crippen molar-refractivity contribution < 1.29 is 13.9 Å². The number of hydrogen-bond donors (Lipinski definition) is 1. The molecule has 1 aromatic heterocycles. The van der Waals surface area contributed by atoms with Gasteiger partial charge in [-0.2, -0.15) is 0 Å². The number of benzene rings is 2. The normalized spacial score (nSPS) is 12.8. The molecule has 2 nitrogen and oxygen atoms in total. The first-order chi connectivity index (χ1) is 9.54. The average Bonchev–Trinajstić information content (AvgIpc) is 2.82. The third-order valence-electron chi connectivity index (χ3n) is 3.23. The van der Waals surface area contributed by atoms with Crippen LogP contribution in [0.1, 0.15) is 23.0 Å². The molecule has 0 aliphatic heterocycles. The maximum absolute atomic E-state index is 13.3. The van der Waals surface area contributed by atoms with Crippen molar-refractivity contribution in [3.63, 3.8) is 0 Å². The summed E-state index contributed by atoms with van der Waals surface area (Å²) in [6, 6.07) is 11.5. The van der Waals surface area contributed by atoms with Crippen molar-refractivity contribution in [2.75, 3.05) is 0 Å². The second-order valence-electron chi connectivity index (χ2n) is 4.75. The fraction of sp³-hybridized carbons (Fsp3) is 0.125. The van der Waals surface area contributed by atoms with Gasteiger partial charge in [-0.3, -0.25) is 0 Å². The molecular weight excluding hydrogens is 279 g/mol. The molecule has 0 spiro atoms.